The molecule has 1 heterocycles. The molecule has 0 bridgehead atoms. The summed E-state index contributed by atoms with van der Waals surface area (Å²) in [7, 11) is 0. The van der Waals surface area contributed by atoms with Crippen molar-refractivity contribution < 1.29 is 9.72 Å². The van der Waals surface area contributed by atoms with Crippen molar-refractivity contribution >= 4 is 17.3 Å². The monoisotopic (exact) mass is 274 g/mol. The van der Waals surface area contributed by atoms with E-state index in [0.717, 1.165) is 5.69 Å². The Kier molecular flexibility index (Phi) is 3.79. The lowest BCUT2D eigenvalue weighted by Gasteiger charge is -2.02. The van der Waals surface area contributed by atoms with Gasteiger partial charge in [-0.15, -0.1) is 0 Å². The predicted molar refractivity (Wildman–Crippen MR) is 73.7 cm³/mol. The van der Waals surface area contributed by atoms with Crippen molar-refractivity contribution in [2.24, 2.45) is 0 Å². The van der Waals surface area contributed by atoms with E-state index in [1.807, 2.05) is 13.8 Å². The smallest absolute Gasteiger partial charge is 0.276 e. The van der Waals surface area contributed by atoms with E-state index < -0.39 is 4.92 Å². The highest BCUT2D eigenvalue weighted by molar-refractivity contribution is 6.02. The second kappa shape index (κ2) is 5.52. The van der Waals surface area contributed by atoms with Gasteiger partial charge in [0.1, 0.15) is 0 Å². The van der Waals surface area contributed by atoms with Crippen LogP contribution in [-0.2, 0) is 6.54 Å². The number of benzene rings is 1. The Morgan fingerprint density at radius 2 is 2.05 bits per heavy atom. The molecule has 0 aliphatic heterocycles. The van der Waals surface area contributed by atoms with Crippen LogP contribution in [0.3, 0.4) is 0 Å². The fourth-order valence-corrected chi connectivity index (χ4v) is 1.80. The molecule has 0 atom stereocenters. The van der Waals surface area contributed by atoms with E-state index >= 15 is 0 Å². The molecule has 2 rings (SSSR count). The number of carbonyl (C=O) groups is 1. The number of carbonyl (C=O) groups excluding carboxylic acids is 1. The van der Waals surface area contributed by atoms with Crippen LogP contribution in [0.5, 0.6) is 0 Å². The van der Waals surface area contributed by atoms with Gasteiger partial charge in [0, 0.05) is 30.1 Å². The van der Waals surface area contributed by atoms with Crippen molar-refractivity contribution in [2.45, 2.75) is 20.4 Å². The average Bonchev–Trinajstić information content (AvgIpc) is 2.80. The molecule has 0 unspecified atom stereocenters. The number of rotatable bonds is 4. The lowest BCUT2D eigenvalue weighted by Crippen LogP contribution is -2.13. The third-order valence-corrected chi connectivity index (χ3v) is 2.85. The largest absolute Gasteiger partial charge is 0.321 e. The molecule has 104 valence electrons. The van der Waals surface area contributed by atoms with Crippen molar-refractivity contribution in [2.75, 3.05) is 5.32 Å². The number of nitrogens with zero attached hydrogens (tertiary/aromatic N) is 3. The average molecular weight is 274 g/mol. The summed E-state index contributed by atoms with van der Waals surface area (Å²) in [4.78, 5) is 22.0. The Hall–Kier alpha value is -2.70. The number of amides is 1. The van der Waals surface area contributed by atoms with Gasteiger partial charge in [-0.05, 0) is 32.0 Å². The van der Waals surface area contributed by atoms with Gasteiger partial charge >= 0.3 is 0 Å². The molecule has 0 aliphatic carbocycles. The molecular weight excluding hydrogens is 260 g/mol. The summed E-state index contributed by atoms with van der Waals surface area (Å²) in [6.07, 6.45) is 0. The number of nitro groups is 1. The first-order valence-electron chi connectivity index (χ1n) is 6.11. The molecule has 0 spiro atoms. The third kappa shape index (κ3) is 2.82. The number of non-ortho nitro benzene ring substituents is 1. The van der Waals surface area contributed by atoms with Crippen molar-refractivity contribution in [3.8, 4) is 0 Å². The van der Waals surface area contributed by atoms with Crippen molar-refractivity contribution in [3.05, 3.63) is 51.8 Å². The van der Waals surface area contributed by atoms with E-state index in [-0.39, 0.29) is 11.6 Å². The summed E-state index contributed by atoms with van der Waals surface area (Å²) in [5.74, 6) is -0.339. The SMILES string of the molecule is CCn1nc(C(=O)Nc2ccc([N+](=O)[O-])cc2)cc1C. The molecule has 2 aromatic rings. The topological polar surface area (TPSA) is 90.1 Å². The molecule has 1 N–H and O–H groups in total. The Morgan fingerprint density at radius 1 is 1.40 bits per heavy atom. The number of nitrogens with one attached hydrogen (secondary N) is 1. The van der Waals surface area contributed by atoms with Crippen LogP contribution in [0, 0.1) is 17.0 Å². The zero-order valence-electron chi connectivity index (χ0n) is 11.2. The number of nitro benzene ring substituents is 1. The van der Waals surface area contributed by atoms with Crippen LogP contribution in [0.1, 0.15) is 23.1 Å². The van der Waals surface area contributed by atoms with Crippen LogP contribution >= 0.6 is 0 Å². The molecule has 1 amide bonds. The third-order valence-electron chi connectivity index (χ3n) is 2.85. The van der Waals surface area contributed by atoms with Gasteiger partial charge in [0.15, 0.2) is 5.69 Å². The van der Waals surface area contributed by atoms with Gasteiger partial charge < -0.3 is 5.32 Å². The summed E-state index contributed by atoms with van der Waals surface area (Å²) in [5.41, 5.74) is 1.70. The second-order valence-electron chi connectivity index (χ2n) is 4.24. The van der Waals surface area contributed by atoms with E-state index in [9.17, 15) is 14.9 Å². The van der Waals surface area contributed by atoms with Crippen molar-refractivity contribution in [1.29, 1.82) is 0 Å². The quantitative estimate of drug-likeness (QED) is 0.684. The summed E-state index contributed by atoms with van der Waals surface area (Å²) < 4.78 is 1.73. The fraction of sp³-hybridized carbons (Fsp3) is 0.231. The molecule has 0 fully saturated rings. The van der Waals surface area contributed by atoms with Gasteiger partial charge in [0.05, 0.1) is 4.92 Å². The standard InChI is InChI=1S/C13H14N4O3/c1-3-16-9(2)8-12(15-16)13(18)14-10-4-6-11(7-5-10)17(19)20/h4-8H,3H2,1-2H3,(H,14,18). The van der Waals surface area contributed by atoms with Crippen molar-refractivity contribution in [1.82, 2.24) is 9.78 Å². The maximum Gasteiger partial charge on any atom is 0.276 e. The predicted octanol–water partition coefficient (Wildman–Crippen LogP) is 2.37. The zero-order chi connectivity index (χ0) is 14.7. The maximum atomic E-state index is 12.0. The van der Waals surface area contributed by atoms with Crippen LogP contribution in [0.15, 0.2) is 30.3 Å². The minimum atomic E-state index is -0.488. The van der Waals surface area contributed by atoms with Crippen LogP contribution in [0.25, 0.3) is 0 Å². The number of hydrogen-bond donors (Lipinski definition) is 1. The van der Waals surface area contributed by atoms with E-state index in [2.05, 4.69) is 10.4 Å². The zero-order valence-corrected chi connectivity index (χ0v) is 11.2. The van der Waals surface area contributed by atoms with Crippen LogP contribution in [0.2, 0.25) is 0 Å². The summed E-state index contributed by atoms with van der Waals surface area (Å²) in [5, 5.41) is 17.4. The lowest BCUT2D eigenvalue weighted by molar-refractivity contribution is -0.384. The first kappa shape index (κ1) is 13.7. The van der Waals surface area contributed by atoms with E-state index in [1.54, 1.807) is 10.7 Å². The van der Waals surface area contributed by atoms with Crippen molar-refractivity contribution in [3.63, 3.8) is 0 Å². The molecule has 0 saturated heterocycles. The number of anilines is 1. The Bertz CT molecular complexity index is 646. The summed E-state index contributed by atoms with van der Waals surface area (Å²) >= 11 is 0. The molecule has 1 aromatic carbocycles. The molecule has 7 nitrogen and oxygen atoms in total. The number of aryl methyl sites for hydroxylation is 2. The van der Waals surface area contributed by atoms with Crippen LogP contribution in [-0.4, -0.2) is 20.6 Å². The Balaban J connectivity index is 2.12. The molecular formula is C13H14N4O3. The molecule has 0 saturated carbocycles. The first-order chi connectivity index (χ1) is 9.51. The van der Waals surface area contributed by atoms with E-state index in [0.29, 0.717) is 17.9 Å². The highest BCUT2D eigenvalue weighted by Gasteiger charge is 2.12. The van der Waals surface area contributed by atoms with Gasteiger partial charge in [-0.25, -0.2) is 0 Å². The molecule has 20 heavy (non-hydrogen) atoms. The molecule has 0 aliphatic rings. The summed E-state index contributed by atoms with van der Waals surface area (Å²) in [6.45, 7) is 4.51. The van der Waals surface area contributed by atoms with Crippen LogP contribution in [0.4, 0.5) is 11.4 Å². The lowest BCUT2D eigenvalue weighted by atomic mass is 10.2. The molecule has 0 radical (unpaired) electrons. The number of aromatic nitrogens is 2. The van der Waals surface area contributed by atoms with Gasteiger partial charge in [-0.3, -0.25) is 19.6 Å². The van der Waals surface area contributed by atoms with E-state index in [1.165, 1.54) is 24.3 Å². The number of hydrogen-bond acceptors (Lipinski definition) is 4. The van der Waals surface area contributed by atoms with E-state index in [4.69, 9.17) is 0 Å². The summed E-state index contributed by atoms with van der Waals surface area (Å²) in [6, 6.07) is 7.35. The van der Waals surface area contributed by atoms with Gasteiger partial charge in [0.25, 0.3) is 11.6 Å². The second-order valence-corrected chi connectivity index (χ2v) is 4.24. The fourth-order valence-electron chi connectivity index (χ4n) is 1.80. The maximum absolute atomic E-state index is 12.0. The minimum Gasteiger partial charge on any atom is -0.321 e. The normalized spacial score (nSPS) is 10.3. The van der Waals surface area contributed by atoms with Gasteiger partial charge in [-0.1, -0.05) is 0 Å². The van der Waals surface area contributed by atoms with Gasteiger partial charge in [0.2, 0.25) is 0 Å². The first-order valence-corrected chi connectivity index (χ1v) is 6.11. The highest BCUT2D eigenvalue weighted by Crippen LogP contribution is 2.16. The highest BCUT2D eigenvalue weighted by atomic mass is 16.6. The minimum absolute atomic E-state index is 0.0193. The Labute approximate surface area is 115 Å². The molecule has 1 aromatic heterocycles. The van der Waals surface area contributed by atoms with Gasteiger partial charge in [-0.2, -0.15) is 5.10 Å². The molecule has 7 heteroatoms. The van der Waals surface area contributed by atoms with Crippen LogP contribution < -0.4 is 5.32 Å². The Morgan fingerprint density at radius 3 is 2.55 bits per heavy atom.